The standard InChI is InChI=1S/C22H16O2/c23-22-19-13-7-12-18(14-16-8-3-1-4-9-16)21(19)20(24-22)15-17-10-5-2-6-11-17/h1-11,13-15H,12H2. The molecule has 2 heteroatoms. The minimum atomic E-state index is -0.276. The van der Waals surface area contributed by atoms with Gasteiger partial charge in [0.25, 0.3) is 0 Å². The van der Waals surface area contributed by atoms with Crippen LogP contribution >= 0.6 is 0 Å². The third kappa shape index (κ3) is 2.74. The predicted octanol–water partition coefficient (Wildman–Crippen LogP) is 4.92. The summed E-state index contributed by atoms with van der Waals surface area (Å²) in [6.45, 7) is 0. The van der Waals surface area contributed by atoms with Gasteiger partial charge in [0.1, 0.15) is 5.76 Å². The molecule has 0 bridgehead atoms. The van der Waals surface area contributed by atoms with Crippen LogP contribution in [0.4, 0.5) is 0 Å². The molecule has 116 valence electrons. The van der Waals surface area contributed by atoms with Gasteiger partial charge in [0.05, 0.1) is 5.57 Å². The number of cyclic esters (lactones) is 1. The highest BCUT2D eigenvalue weighted by molar-refractivity contribution is 6.01. The normalized spacial score (nSPS) is 19.8. The highest BCUT2D eigenvalue weighted by Gasteiger charge is 2.31. The number of esters is 1. The highest BCUT2D eigenvalue weighted by Crippen LogP contribution is 2.39. The summed E-state index contributed by atoms with van der Waals surface area (Å²) in [5.74, 6) is 0.356. The minimum absolute atomic E-state index is 0.276. The summed E-state index contributed by atoms with van der Waals surface area (Å²) in [4.78, 5) is 12.2. The molecule has 24 heavy (non-hydrogen) atoms. The number of hydrogen-bond acceptors (Lipinski definition) is 2. The van der Waals surface area contributed by atoms with Crippen molar-refractivity contribution in [3.63, 3.8) is 0 Å². The quantitative estimate of drug-likeness (QED) is 0.735. The van der Waals surface area contributed by atoms with Crippen molar-refractivity contribution >= 4 is 18.1 Å². The first-order valence-electron chi connectivity index (χ1n) is 7.97. The monoisotopic (exact) mass is 312 g/mol. The molecule has 0 aromatic heterocycles. The zero-order chi connectivity index (χ0) is 16.4. The fourth-order valence-corrected chi connectivity index (χ4v) is 3.01. The molecule has 0 saturated heterocycles. The Morgan fingerprint density at radius 2 is 1.46 bits per heavy atom. The van der Waals surface area contributed by atoms with Gasteiger partial charge in [-0.1, -0.05) is 78.9 Å². The van der Waals surface area contributed by atoms with Crippen LogP contribution in [0.3, 0.4) is 0 Å². The molecule has 0 amide bonds. The van der Waals surface area contributed by atoms with Crippen LogP contribution in [-0.2, 0) is 9.53 Å². The predicted molar refractivity (Wildman–Crippen MR) is 95.7 cm³/mol. The lowest BCUT2D eigenvalue weighted by molar-refractivity contribution is -0.132. The van der Waals surface area contributed by atoms with Crippen LogP contribution in [0.2, 0.25) is 0 Å². The van der Waals surface area contributed by atoms with E-state index >= 15 is 0 Å². The van der Waals surface area contributed by atoms with E-state index in [9.17, 15) is 4.79 Å². The molecule has 1 heterocycles. The van der Waals surface area contributed by atoms with Crippen LogP contribution in [0.25, 0.3) is 12.2 Å². The Morgan fingerprint density at radius 3 is 2.12 bits per heavy atom. The van der Waals surface area contributed by atoms with Gasteiger partial charge in [0.2, 0.25) is 0 Å². The van der Waals surface area contributed by atoms with E-state index in [0.29, 0.717) is 11.3 Å². The Bertz CT molecular complexity index is 846. The third-order valence-electron chi connectivity index (χ3n) is 4.12. The minimum Gasteiger partial charge on any atom is -0.422 e. The highest BCUT2D eigenvalue weighted by atomic mass is 16.5. The molecule has 0 spiro atoms. The molecule has 0 saturated carbocycles. The number of hydrogen-bond donors (Lipinski definition) is 0. The molecule has 1 aliphatic heterocycles. The van der Waals surface area contributed by atoms with Crippen LogP contribution in [0.15, 0.2) is 95.3 Å². The molecule has 0 fully saturated rings. The summed E-state index contributed by atoms with van der Waals surface area (Å²) in [6, 6.07) is 20.0. The van der Waals surface area contributed by atoms with Gasteiger partial charge < -0.3 is 4.74 Å². The smallest absolute Gasteiger partial charge is 0.344 e. The first-order valence-corrected chi connectivity index (χ1v) is 7.97. The second-order valence-corrected chi connectivity index (χ2v) is 5.78. The van der Waals surface area contributed by atoms with E-state index in [1.54, 1.807) is 0 Å². The zero-order valence-corrected chi connectivity index (χ0v) is 13.1. The lowest BCUT2D eigenvalue weighted by atomic mass is 9.90. The van der Waals surface area contributed by atoms with Crippen molar-refractivity contribution in [2.24, 2.45) is 0 Å². The molecule has 2 nitrogen and oxygen atoms in total. The molecule has 0 radical (unpaired) electrons. The van der Waals surface area contributed by atoms with E-state index in [1.165, 1.54) is 0 Å². The Balaban J connectivity index is 1.80. The van der Waals surface area contributed by atoms with Gasteiger partial charge in [0, 0.05) is 5.57 Å². The molecule has 2 aliphatic rings. The summed E-state index contributed by atoms with van der Waals surface area (Å²) in [6.07, 6.45) is 8.72. The molecule has 4 rings (SSSR count). The maximum Gasteiger partial charge on any atom is 0.344 e. The second kappa shape index (κ2) is 6.17. The maximum absolute atomic E-state index is 12.2. The summed E-state index contributed by atoms with van der Waals surface area (Å²) in [5.41, 5.74) is 4.79. The van der Waals surface area contributed by atoms with Gasteiger partial charge in [0.15, 0.2) is 0 Å². The number of benzene rings is 2. The van der Waals surface area contributed by atoms with Crippen molar-refractivity contribution in [3.8, 4) is 0 Å². The number of allylic oxidation sites excluding steroid dienone is 2. The Kier molecular flexibility index (Phi) is 3.72. The summed E-state index contributed by atoms with van der Waals surface area (Å²) < 4.78 is 5.54. The van der Waals surface area contributed by atoms with Gasteiger partial charge in [-0.15, -0.1) is 0 Å². The summed E-state index contributed by atoms with van der Waals surface area (Å²) in [7, 11) is 0. The molecule has 0 N–H and O–H groups in total. The van der Waals surface area contributed by atoms with Crippen molar-refractivity contribution in [2.45, 2.75) is 6.42 Å². The molecule has 0 atom stereocenters. The SMILES string of the molecule is O=C1OC(=Cc2ccccc2)C2=C1C=CCC2=Cc1ccccc1. The van der Waals surface area contributed by atoms with Gasteiger partial charge in [-0.3, -0.25) is 0 Å². The number of rotatable bonds is 2. The van der Waals surface area contributed by atoms with E-state index in [-0.39, 0.29) is 5.97 Å². The molecular formula is C22H16O2. The summed E-state index contributed by atoms with van der Waals surface area (Å²) in [5, 5.41) is 0. The van der Waals surface area contributed by atoms with Crippen molar-refractivity contribution in [3.05, 3.63) is 106 Å². The van der Waals surface area contributed by atoms with Crippen molar-refractivity contribution < 1.29 is 9.53 Å². The Labute approximate surface area is 141 Å². The zero-order valence-electron chi connectivity index (χ0n) is 13.1. The van der Waals surface area contributed by atoms with Gasteiger partial charge >= 0.3 is 5.97 Å². The molecule has 0 unspecified atom stereocenters. The van der Waals surface area contributed by atoms with E-state index < -0.39 is 0 Å². The van der Waals surface area contributed by atoms with E-state index in [1.807, 2.05) is 66.8 Å². The third-order valence-corrected chi connectivity index (χ3v) is 4.12. The molecule has 2 aromatic rings. The van der Waals surface area contributed by atoms with Crippen molar-refractivity contribution in [1.29, 1.82) is 0 Å². The molecule has 1 aliphatic carbocycles. The largest absolute Gasteiger partial charge is 0.422 e. The Hall–Kier alpha value is -3.13. The first kappa shape index (κ1) is 14.5. The first-order chi connectivity index (χ1) is 11.8. The number of carbonyl (C=O) groups is 1. The molecular weight excluding hydrogens is 296 g/mol. The van der Waals surface area contributed by atoms with Gasteiger partial charge in [-0.2, -0.15) is 0 Å². The van der Waals surface area contributed by atoms with E-state index in [4.69, 9.17) is 4.74 Å². The van der Waals surface area contributed by atoms with Crippen molar-refractivity contribution in [2.75, 3.05) is 0 Å². The van der Waals surface area contributed by atoms with Crippen LogP contribution in [-0.4, -0.2) is 5.97 Å². The maximum atomic E-state index is 12.2. The van der Waals surface area contributed by atoms with E-state index in [0.717, 1.165) is 28.7 Å². The fraction of sp³-hybridized carbons (Fsp3) is 0.0455. The Morgan fingerprint density at radius 1 is 0.833 bits per heavy atom. The van der Waals surface area contributed by atoms with Crippen LogP contribution < -0.4 is 0 Å². The average molecular weight is 312 g/mol. The van der Waals surface area contributed by atoms with Crippen LogP contribution in [0.5, 0.6) is 0 Å². The molecule has 2 aromatic carbocycles. The van der Waals surface area contributed by atoms with Gasteiger partial charge in [-0.25, -0.2) is 4.79 Å². The lowest BCUT2D eigenvalue weighted by Gasteiger charge is -2.12. The van der Waals surface area contributed by atoms with Gasteiger partial charge in [-0.05, 0) is 29.2 Å². The van der Waals surface area contributed by atoms with Crippen molar-refractivity contribution in [1.82, 2.24) is 0 Å². The lowest BCUT2D eigenvalue weighted by Crippen LogP contribution is -1.99. The summed E-state index contributed by atoms with van der Waals surface area (Å²) >= 11 is 0. The fourth-order valence-electron chi connectivity index (χ4n) is 3.01. The topological polar surface area (TPSA) is 26.3 Å². The van der Waals surface area contributed by atoms with Crippen LogP contribution in [0.1, 0.15) is 17.5 Å². The van der Waals surface area contributed by atoms with E-state index in [2.05, 4.69) is 18.2 Å². The van der Waals surface area contributed by atoms with Crippen LogP contribution in [0, 0.1) is 0 Å². The number of carbonyl (C=O) groups excluding carboxylic acids is 1. The average Bonchev–Trinajstić information content (AvgIpc) is 2.94. The number of ether oxygens (including phenoxy) is 1. The second-order valence-electron chi connectivity index (χ2n) is 5.78.